The summed E-state index contributed by atoms with van der Waals surface area (Å²) in [4.78, 5) is 13.0. The van der Waals surface area contributed by atoms with Crippen LogP contribution in [0.25, 0.3) is 0 Å². The van der Waals surface area contributed by atoms with Gasteiger partial charge in [-0.3, -0.25) is 9.00 Å². The topological polar surface area (TPSA) is 46.2 Å². The Balaban J connectivity index is 1.61. The largest absolute Gasteiger partial charge is 0.425 e. The second kappa shape index (κ2) is 6.35. The fourth-order valence-corrected chi connectivity index (χ4v) is 7.92. The summed E-state index contributed by atoms with van der Waals surface area (Å²) < 4.78 is 93.7. The molecule has 4 bridgehead atoms. The third kappa shape index (κ3) is 3.08. The first kappa shape index (κ1) is 20.5. The van der Waals surface area contributed by atoms with Gasteiger partial charge in [0.1, 0.15) is 0 Å². The Morgan fingerprint density at radius 3 is 2.18 bits per heavy atom. The van der Waals surface area contributed by atoms with E-state index in [4.69, 9.17) is 0 Å². The molecule has 0 aromatic heterocycles. The van der Waals surface area contributed by atoms with Crippen molar-refractivity contribution in [2.45, 2.75) is 69.3 Å². The molecule has 0 aromatic carbocycles. The second-order valence-corrected chi connectivity index (χ2v) is 10.9. The lowest BCUT2D eigenvalue weighted by Gasteiger charge is -2.63. The maximum Gasteiger partial charge on any atom is 0.425 e. The van der Waals surface area contributed by atoms with Crippen LogP contribution in [0.2, 0.25) is 0 Å². The molecule has 0 radical (unpaired) electrons. The number of hydrogen-bond donors (Lipinski definition) is 1. The highest BCUT2D eigenvalue weighted by Crippen LogP contribution is 2.70. The fourth-order valence-electron chi connectivity index (χ4n) is 6.51. The Bertz CT molecular complexity index is 682. The summed E-state index contributed by atoms with van der Waals surface area (Å²) in [5.41, 5.74) is -3.31. The van der Waals surface area contributed by atoms with Crippen molar-refractivity contribution in [3.63, 3.8) is 0 Å². The first-order valence-corrected chi connectivity index (χ1v) is 11.1. The zero-order valence-electron chi connectivity index (χ0n) is 15.2. The van der Waals surface area contributed by atoms with Gasteiger partial charge < -0.3 is 5.32 Å². The van der Waals surface area contributed by atoms with Gasteiger partial charge in [0.25, 0.3) is 12.1 Å². The van der Waals surface area contributed by atoms with E-state index < -0.39 is 52.2 Å². The van der Waals surface area contributed by atoms with E-state index in [1.165, 1.54) is 0 Å². The number of carbonyl (C=O) groups is 1. The predicted octanol–water partition coefficient (Wildman–Crippen LogP) is 3.75. The van der Waals surface area contributed by atoms with Crippen molar-refractivity contribution in [1.82, 2.24) is 5.32 Å². The van der Waals surface area contributed by atoms with Crippen molar-refractivity contribution in [2.24, 2.45) is 22.7 Å². The molecule has 1 heterocycles. The smallest absolute Gasteiger partial charge is 0.352 e. The Kier molecular flexibility index (Phi) is 4.64. The summed E-state index contributed by atoms with van der Waals surface area (Å²) in [6.07, 6.45) is -8.79. The van der Waals surface area contributed by atoms with Crippen LogP contribution < -0.4 is 5.32 Å². The summed E-state index contributed by atoms with van der Waals surface area (Å²) in [5, 5.41) is 2.80. The van der Waals surface area contributed by atoms with Crippen molar-refractivity contribution in [1.29, 1.82) is 0 Å². The molecule has 4 aliphatic carbocycles. The molecular weight excluding hydrogens is 408 g/mol. The minimum atomic E-state index is -5.64. The Labute approximate surface area is 161 Å². The third-order valence-electron chi connectivity index (χ3n) is 7.27. The predicted molar refractivity (Wildman–Crippen MR) is 89.9 cm³/mol. The molecule has 1 aliphatic heterocycles. The summed E-state index contributed by atoms with van der Waals surface area (Å²) in [6.45, 7) is 0. The maximum absolute atomic E-state index is 14.9. The lowest BCUT2D eigenvalue weighted by molar-refractivity contribution is -0.305. The zero-order valence-corrected chi connectivity index (χ0v) is 16.0. The molecule has 5 atom stereocenters. The minimum absolute atomic E-state index is 0.171. The van der Waals surface area contributed by atoms with E-state index in [1.54, 1.807) is 0 Å². The number of hydrogen-bond acceptors (Lipinski definition) is 2. The Morgan fingerprint density at radius 2 is 1.68 bits per heavy atom. The lowest BCUT2D eigenvalue weighted by Crippen LogP contribution is -2.65. The molecule has 10 heteroatoms. The van der Waals surface area contributed by atoms with Gasteiger partial charge in [-0.25, -0.2) is 13.2 Å². The molecule has 1 saturated heterocycles. The third-order valence-corrected chi connectivity index (χ3v) is 8.74. The van der Waals surface area contributed by atoms with Gasteiger partial charge in [-0.2, -0.15) is 13.2 Å². The van der Waals surface area contributed by atoms with Crippen LogP contribution in [0.4, 0.5) is 26.3 Å². The Morgan fingerprint density at radius 1 is 1.07 bits per heavy atom. The van der Waals surface area contributed by atoms with Crippen LogP contribution in [0.15, 0.2) is 0 Å². The highest BCUT2D eigenvalue weighted by atomic mass is 32.2. The van der Waals surface area contributed by atoms with Crippen molar-refractivity contribution >= 4 is 16.7 Å². The van der Waals surface area contributed by atoms with E-state index in [0.717, 1.165) is 0 Å². The normalized spacial score (nSPS) is 43.9. The SMILES string of the molecule is O=C(NC1CCS(=O)C1)C12CC3CC(C1)CC(C(F)(F)C(F)C(F)(F)F)(C3)C2. The van der Waals surface area contributed by atoms with Gasteiger partial charge in [0.2, 0.25) is 5.91 Å². The summed E-state index contributed by atoms with van der Waals surface area (Å²) in [7, 11) is -1.03. The van der Waals surface area contributed by atoms with Crippen LogP contribution in [0, 0.1) is 22.7 Å². The van der Waals surface area contributed by atoms with Crippen LogP contribution in [0.3, 0.4) is 0 Å². The molecule has 5 fully saturated rings. The van der Waals surface area contributed by atoms with Gasteiger partial charge in [0.15, 0.2) is 0 Å². The summed E-state index contributed by atoms with van der Waals surface area (Å²) in [6, 6.07) is -0.304. The lowest BCUT2D eigenvalue weighted by atomic mass is 9.42. The monoisotopic (exact) mass is 431 g/mol. The first-order chi connectivity index (χ1) is 12.9. The molecule has 5 unspecified atom stereocenters. The number of rotatable bonds is 4. The molecule has 5 rings (SSSR count). The standard InChI is InChI=1S/C18H23F6NO2S/c19-13(18(22,23)24)17(20,21)16-6-10-3-11(7-16)5-15(4-10,9-16)14(26)25-12-1-2-28(27)8-12/h10-13H,1-9H2,(H,25,26). The highest BCUT2D eigenvalue weighted by molar-refractivity contribution is 7.85. The van der Waals surface area contributed by atoms with E-state index in [-0.39, 0.29) is 30.7 Å². The number of alkyl halides is 6. The quantitative estimate of drug-likeness (QED) is 0.690. The number of nitrogens with one attached hydrogen (secondary N) is 1. The van der Waals surface area contributed by atoms with Crippen LogP contribution in [0.1, 0.15) is 44.9 Å². The molecule has 5 aliphatic rings. The molecule has 160 valence electrons. The zero-order chi connectivity index (χ0) is 20.5. The van der Waals surface area contributed by atoms with Crippen molar-refractivity contribution in [3.05, 3.63) is 0 Å². The average Bonchev–Trinajstić information content (AvgIpc) is 2.96. The molecular formula is C18H23F6NO2S. The van der Waals surface area contributed by atoms with E-state index in [0.29, 0.717) is 37.2 Å². The first-order valence-electron chi connectivity index (χ1n) is 9.61. The van der Waals surface area contributed by atoms with Gasteiger partial charge in [-0.1, -0.05) is 0 Å². The molecule has 1 amide bonds. The highest BCUT2D eigenvalue weighted by Gasteiger charge is 2.73. The van der Waals surface area contributed by atoms with Gasteiger partial charge in [-0.05, 0) is 56.8 Å². The second-order valence-electron chi connectivity index (χ2n) is 9.32. The summed E-state index contributed by atoms with van der Waals surface area (Å²) in [5.74, 6) is -4.83. The van der Waals surface area contributed by atoms with Crippen molar-refractivity contribution < 1.29 is 35.3 Å². The fraction of sp³-hybridized carbons (Fsp3) is 0.944. The molecule has 1 N–H and O–H groups in total. The number of amides is 1. The van der Waals surface area contributed by atoms with Crippen molar-refractivity contribution in [3.8, 4) is 0 Å². The van der Waals surface area contributed by atoms with E-state index in [9.17, 15) is 35.3 Å². The van der Waals surface area contributed by atoms with Gasteiger partial charge in [0, 0.05) is 33.8 Å². The molecule has 0 spiro atoms. The molecule has 28 heavy (non-hydrogen) atoms. The maximum atomic E-state index is 14.9. The number of carbonyl (C=O) groups excluding carboxylic acids is 1. The van der Waals surface area contributed by atoms with Crippen molar-refractivity contribution in [2.75, 3.05) is 11.5 Å². The van der Waals surface area contributed by atoms with E-state index in [2.05, 4.69) is 5.32 Å². The van der Waals surface area contributed by atoms with E-state index in [1.807, 2.05) is 0 Å². The van der Waals surface area contributed by atoms with Gasteiger partial charge >= 0.3 is 6.18 Å². The van der Waals surface area contributed by atoms with Crippen LogP contribution in [-0.2, 0) is 15.6 Å². The van der Waals surface area contributed by atoms with Crippen LogP contribution in [0.5, 0.6) is 0 Å². The average molecular weight is 431 g/mol. The van der Waals surface area contributed by atoms with Gasteiger partial charge in [-0.15, -0.1) is 0 Å². The molecule has 3 nitrogen and oxygen atoms in total. The van der Waals surface area contributed by atoms with Crippen LogP contribution in [-0.4, -0.2) is 45.9 Å². The molecule has 0 aromatic rings. The summed E-state index contributed by atoms with van der Waals surface area (Å²) >= 11 is 0. The van der Waals surface area contributed by atoms with Crippen LogP contribution >= 0.6 is 0 Å². The minimum Gasteiger partial charge on any atom is -0.352 e. The van der Waals surface area contributed by atoms with Gasteiger partial charge in [0.05, 0.1) is 5.41 Å². The number of halogens is 6. The van der Waals surface area contributed by atoms with E-state index >= 15 is 0 Å². The Hall–Kier alpha value is -0.800. The molecule has 4 saturated carbocycles.